The number of nitrogens with one attached hydrogen (secondary N) is 3. The molecule has 2 aromatic heterocycles. The van der Waals surface area contributed by atoms with Crippen LogP contribution in [0.4, 0.5) is 16.4 Å². The molecule has 0 unspecified atom stereocenters. The number of ether oxygens (including phenoxy) is 1. The summed E-state index contributed by atoms with van der Waals surface area (Å²) in [5, 5.41) is 7.93. The zero-order valence-electron chi connectivity index (χ0n) is 27.7. The van der Waals surface area contributed by atoms with Crippen LogP contribution in [0.15, 0.2) is 73.1 Å². The van der Waals surface area contributed by atoms with E-state index in [1.165, 1.54) is 6.08 Å². The number of anilines is 2. The molecule has 0 saturated heterocycles. The van der Waals surface area contributed by atoms with E-state index in [-0.39, 0.29) is 24.1 Å². The summed E-state index contributed by atoms with van der Waals surface area (Å²) in [7, 11) is 3.89. The second kappa shape index (κ2) is 15.0. The van der Waals surface area contributed by atoms with Gasteiger partial charge in [-0.25, -0.2) is 14.8 Å². The van der Waals surface area contributed by atoms with Crippen molar-refractivity contribution in [3.05, 3.63) is 83.7 Å². The van der Waals surface area contributed by atoms with Crippen molar-refractivity contribution in [1.82, 2.24) is 24.8 Å². The van der Waals surface area contributed by atoms with Crippen LogP contribution in [-0.2, 0) is 16.1 Å². The van der Waals surface area contributed by atoms with Gasteiger partial charge in [0.05, 0.1) is 16.9 Å². The standard InChI is InChI=1S/C36H44ClN7O3/c1-36(2,3)47-35(46)44(23-24-15-17-25(18-16-24)40-32(45)14-9-19-43(4)5)27-11-8-10-26(20-27)41-34-39-22-30(37)33(42-34)29-21-38-31-13-7-6-12-28(29)31/h6-7,9,12-18,21-22,26-27,38H,8,10-11,19-20,23H2,1-5H3,(H,40,45)(H,39,41,42)/b14-9+/t26-,27+/m1/s1. The van der Waals surface area contributed by atoms with Gasteiger partial charge in [0.1, 0.15) is 5.60 Å². The van der Waals surface area contributed by atoms with E-state index in [9.17, 15) is 9.59 Å². The molecule has 0 spiro atoms. The van der Waals surface area contributed by atoms with E-state index in [1.54, 1.807) is 6.20 Å². The molecule has 2 aromatic carbocycles. The second-order valence-electron chi connectivity index (χ2n) is 13.3. The molecule has 47 heavy (non-hydrogen) atoms. The Kier molecular flexibility index (Phi) is 10.8. The molecule has 0 radical (unpaired) electrons. The number of para-hydroxylation sites is 1. The van der Waals surface area contributed by atoms with Gasteiger partial charge in [0, 0.05) is 59.6 Å². The van der Waals surface area contributed by atoms with Gasteiger partial charge in [-0.1, -0.05) is 48.0 Å². The lowest BCUT2D eigenvalue weighted by molar-refractivity contribution is -0.111. The summed E-state index contributed by atoms with van der Waals surface area (Å²) in [6.07, 6.45) is 9.96. The number of likely N-dealkylation sites (N-methyl/N-ethyl adjacent to an activating group) is 1. The highest BCUT2D eigenvalue weighted by Crippen LogP contribution is 2.33. The quantitative estimate of drug-likeness (QED) is 0.151. The van der Waals surface area contributed by atoms with Gasteiger partial charge in [-0.15, -0.1) is 0 Å². The van der Waals surface area contributed by atoms with Crippen LogP contribution in [0, 0.1) is 0 Å². The van der Waals surface area contributed by atoms with Crippen LogP contribution < -0.4 is 10.6 Å². The number of hydrogen-bond donors (Lipinski definition) is 3. The van der Waals surface area contributed by atoms with E-state index in [2.05, 4.69) is 20.6 Å². The minimum atomic E-state index is -0.633. The van der Waals surface area contributed by atoms with Gasteiger partial charge in [0.15, 0.2) is 0 Å². The lowest BCUT2D eigenvalue weighted by Crippen LogP contribution is -2.46. The summed E-state index contributed by atoms with van der Waals surface area (Å²) >= 11 is 6.58. The van der Waals surface area contributed by atoms with Crippen molar-refractivity contribution in [3.63, 3.8) is 0 Å². The largest absolute Gasteiger partial charge is 0.444 e. The highest BCUT2D eigenvalue weighted by Gasteiger charge is 2.33. The Morgan fingerprint density at radius 1 is 1.11 bits per heavy atom. The van der Waals surface area contributed by atoms with E-state index in [1.807, 2.05) is 105 Å². The molecular formula is C36H44ClN7O3. The minimum absolute atomic E-state index is 0.0498. The number of aromatic amines is 1. The lowest BCUT2D eigenvalue weighted by atomic mass is 9.90. The first-order chi connectivity index (χ1) is 22.4. The Labute approximate surface area is 281 Å². The molecule has 2 heterocycles. The fourth-order valence-electron chi connectivity index (χ4n) is 5.76. The maximum absolute atomic E-state index is 13.6. The first kappa shape index (κ1) is 33.9. The number of amides is 2. The summed E-state index contributed by atoms with van der Waals surface area (Å²) in [4.78, 5) is 42.3. The number of rotatable bonds is 10. The van der Waals surface area contributed by atoms with E-state index in [0.29, 0.717) is 41.9 Å². The maximum atomic E-state index is 13.6. The van der Waals surface area contributed by atoms with Gasteiger partial charge in [-0.2, -0.15) is 0 Å². The van der Waals surface area contributed by atoms with Crippen LogP contribution >= 0.6 is 11.6 Å². The normalized spacial score (nSPS) is 16.8. The molecule has 0 bridgehead atoms. The predicted octanol–water partition coefficient (Wildman–Crippen LogP) is 7.50. The van der Waals surface area contributed by atoms with Crippen molar-refractivity contribution < 1.29 is 14.3 Å². The Morgan fingerprint density at radius 3 is 2.62 bits per heavy atom. The SMILES string of the molecule is CN(C)C/C=C/C(=O)Nc1ccc(CN(C(=O)OC(C)(C)C)[C@H]2CCC[C@@H](Nc3ncc(Cl)c(-c4c[nH]c5ccccc45)n3)C2)cc1. The first-order valence-electron chi connectivity index (χ1n) is 16.0. The summed E-state index contributed by atoms with van der Waals surface area (Å²) in [6.45, 7) is 6.69. The molecule has 2 amide bonds. The van der Waals surface area contributed by atoms with Gasteiger partial charge in [-0.3, -0.25) is 4.79 Å². The number of fused-ring (bicyclic) bond motifs is 1. The molecule has 11 heteroatoms. The number of halogens is 1. The van der Waals surface area contributed by atoms with Crippen LogP contribution in [0.25, 0.3) is 22.2 Å². The topological polar surface area (TPSA) is 115 Å². The molecule has 248 valence electrons. The molecule has 1 aliphatic rings. The van der Waals surface area contributed by atoms with Crippen LogP contribution in [0.3, 0.4) is 0 Å². The average Bonchev–Trinajstić information content (AvgIpc) is 3.45. The van der Waals surface area contributed by atoms with Gasteiger partial charge in [0.25, 0.3) is 0 Å². The summed E-state index contributed by atoms with van der Waals surface area (Å²) < 4.78 is 5.87. The highest BCUT2D eigenvalue weighted by molar-refractivity contribution is 6.33. The number of nitrogens with zero attached hydrogens (tertiary/aromatic N) is 4. The number of hydrogen-bond acceptors (Lipinski definition) is 7. The number of aromatic nitrogens is 3. The fraction of sp³-hybridized carbons (Fsp3) is 0.389. The maximum Gasteiger partial charge on any atom is 0.410 e. The van der Waals surface area contributed by atoms with Crippen molar-refractivity contribution in [3.8, 4) is 11.3 Å². The Bertz CT molecular complexity index is 1710. The van der Waals surface area contributed by atoms with Gasteiger partial charge in [-0.05, 0) is 84.3 Å². The van der Waals surface area contributed by atoms with Crippen molar-refractivity contribution >= 4 is 46.1 Å². The Balaban J connectivity index is 1.29. The molecular weight excluding hydrogens is 614 g/mol. The van der Waals surface area contributed by atoms with E-state index in [0.717, 1.165) is 41.3 Å². The van der Waals surface area contributed by atoms with Crippen LogP contribution in [0.2, 0.25) is 5.02 Å². The fourth-order valence-corrected chi connectivity index (χ4v) is 5.95. The molecule has 2 atom stereocenters. The predicted molar refractivity (Wildman–Crippen MR) is 189 cm³/mol. The van der Waals surface area contributed by atoms with E-state index in [4.69, 9.17) is 21.3 Å². The molecule has 0 aliphatic heterocycles. The highest BCUT2D eigenvalue weighted by atomic mass is 35.5. The van der Waals surface area contributed by atoms with Gasteiger partial charge >= 0.3 is 6.09 Å². The molecule has 10 nitrogen and oxygen atoms in total. The Morgan fingerprint density at radius 2 is 1.87 bits per heavy atom. The van der Waals surface area contributed by atoms with Crippen molar-refractivity contribution in [2.75, 3.05) is 31.3 Å². The second-order valence-corrected chi connectivity index (χ2v) is 13.7. The third-order valence-corrected chi connectivity index (χ3v) is 8.23. The molecule has 3 N–H and O–H groups in total. The smallest absolute Gasteiger partial charge is 0.410 e. The molecule has 4 aromatic rings. The van der Waals surface area contributed by atoms with Crippen LogP contribution in [0.5, 0.6) is 0 Å². The third kappa shape index (κ3) is 9.33. The van der Waals surface area contributed by atoms with Crippen LogP contribution in [-0.4, -0.2) is 75.1 Å². The zero-order valence-corrected chi connectivity index (χ0v) is 28.5. The summed E-state index contributed by atoms with van der Waals surface area (Å²) in [5.41, 5.74) is 3.58. The first-order valence-corrected chi connectivity index (χ1v) is 16.4. The van der Waals surface area contributed by atoms with Gasteiger partial charge in [0.2, 0.25) is 11.9 Å². The number of carbonyl (C=O) groups excluding carboxylic acids is 2. The van der Waals surface area contributed by atoms with Crippen molar-refractivity contribution in [1.29, 1.82) is 0 Å². The van der Waals surface area contributed by atoms with E-state index >= 15 is 0 Å². The molecule has 1 aliphatic carbocycles. The zero-order chi connectivity index (χ0) is 33.6. The lowest BCUT2D eigenvalue weighted by Gasteiger charge is -2.38. The number of carbonyl (C=O) groups is 2. The van der Waals surface area contributed by atoms with Crippen LogP contribution in [0.1, 0.15) is 52.0 Å². The number of H-pyrrole nitrogens is 1. The summed E-state index contributed by atoms with van der Waals surface area (Å²) in [6, 6.07) is 15.6. The van der Waals surface area contributed by atoms with Crippen molar-refractivity contribution in [2.24, 2.45) is 0 Å². The van der Waals surface area contributed by atoms with Gasteiger partial charge < -0.3 is 30.2 Å². The average molecular weight is 658 g/mol. The molecule has 1 fully saturated rings. The molecule has 1 saturated carbocycles. The molecule has 5 rings (SSSR count). The third-order valence-electron chi connectivity index (χ3n) is 7.95. The van der Waals surface area contributed by atoms with E-state index < -0.39 is 5.60 Å². The Hall–Kier alpha value is -4.41. The monoisotopic (exact) mass is 657 g/mol. The summed E-state index contributed by atoms with van der Waals surface area (Å²) in [5.74, 6) is 0.312. The minimum Gasteiger partial charge on any atom is -0.444 e. The number of benzene rings is 2. The van der Waals surface area contributed by atoms with Crippen molar-refractivity contribution in [2.45, 2.75) is 70.7 Å².